The summed E-state index contributed by atoms with van der Waals surface area (Å²) in [4.78, 5) is 25.2. The summed E-state index contributed by atoms with van der Waals surface area (Å²) >= 11 is 0. The van der Waals surface area contributed by atoms with Gasteiger partial charge in [0.2, 0.25) is 0 Å². The Balaban J connectivity index is 1.74. The normalized spacial score (nSPS) is 12.6. The molecule has 0 unspecified atom stereocenters. The van der Waals surface area contributed by atoms with Crippen LogP contribution in [0.2, 0.25) is 0 Å². The van der Waals surface area contributed by atoms with Gasteiger partial charge in [-0.15, -0.1) is 0 Å². The fraction of sp³-hybridized carbons (Fsp3) is 0.350. The summed E-state index contributed by atoms with van der Waals surface area (Å²) < 4.78 is 16.0. The van der Waals surface area contributed by atoms with Crippen molar-refractivity contribution in [2.45, 2.75) is 27.1 Å². The number of nitro benzene ring substituents is 1. The van der Waals surface area contributed by atoms with Crippen molar-refractivity contribution in [3.63, 3.8) is 0 Å². The molecular formula is C20H22N2O6. The summed E-state index contributed by atoms with van der Waals surface area (Å²) in [5.74, 6) is -0.0278. The zero-order valence-corrected chi connectivity index (χ0v) is 15.8. The Labute approximate surface area is 162 Å². The molecule has 0 bridgehead atoms. The second kappa shape index (κ2) is 8.71. The second-order valence-electron chi connectivity index (χ2n) is 6.26. The molecule has 1 heterocycles. The summed E-state index contributed by atoms with van der Waals surface area (Å²) in [5, 5.41) is 11.1. The Morgan fingerprint density at radius 1 is 1.21 bits per heavy atom. The minimum absolute atomic E-state index is 0.0541. The summed E-state index contributed by atoms with van der Waals surface area (Å²) in [6, 6.07) is 9.94. The average Bonchev–Trinajstić information content (AvgIpc) is 2.73. The van der Waals surface area contributed by atoms with E-state index in [1.165, 1.54) is 12.1 Å². The lowest BCUT2D eigenvalue weighted by Gasteiger charge is -2.21. The number of carbonyl (C=O) groups excluding carboxylic acids is 1. The largest absolute Gasteiger partial charge is 0.467 e. The Hall–Kier alpha value is -3.13. The minimum atomic E-state index is -0.501. The molecule has 1 aliphatic heterocycles. The number of esters is 1. The fourth-order valence-corrected chi connectivity index (χ4v) is 3.12. The lowest BCUT2D eigenvalue weighted by molar-refractivity contribution is -0.385. The maximum absolute atomic E-state index is 12.4. The van der Waals surface area contributed by atoms with Gasteiger partial charge >= 0.3 is 5.97 Å². The van der Waals surface area contributed by atoms with Crippen LogP contribution in [0, 0.1) is 10.1 Å². The predicted octanol–water partition coefficient (Wildman–Crippen LogP) is 3.66. The molecule has 8 nitrogen and oxygen atoms in total. The van der Waals surface area contributed by atoms with E-state index in [1.54, 1.807) is 12.1 Å². The van der Waals surface area contributed by atoms with Crippen molar-refractivity contribution >= 4 is 17.3 Å². The van der Waals surface area contributed by atoms with Gasteiger partial charge in [-0.25, -0.2) is 4.79 Å². The number of non-ortho nitro benzene ring substituents is 1. The standard InChI is InChI=1S/C20H22N2O6/c1-3-21(4-2)17-7-5-14(6-8-17)20(23)27-12-16-10-18(22(24)25)9-15-11-26-13-28-19(15)16/h5-10H,3-4,11-13H2,1-2H3. The van der Waals surface area contributed by atoms with Gasteiger partial charge in [-0.1, -0.05) is 0 Å². The molecule has 0 saturated carbocycles. The van der Waals surface area contributed by atoms with Crippen LogP contribution in [0.3, 0.4) is 0 Å². The summed E-state index contributed by atoms with van der Waals surface area (Å²) in [6.07, 6.45) is 0. The quantitative estimate of drug-likeness (QED) is 0.407. The Bertz CT molecular complexity index is 862. The highest BCUT2D eigenvalue weighted by Crippen LogP contribution is 2.33. The van der Waals surface area contributed by atoms with E-state index in [9.17, 15) is 14.9 Å². The molecule has 1 aliphatic rings. The number of carbonyl (C=O) groups is 1. The predicted molar refractivity (Wildman–Crippen MR) is 103 cm³/mol. The molecule has 0 amide bonds. The van der Waals surface area contributed by atoms with Gasteiger partial charge in [0.25, 0.3) is 5.69 Å². The number of ether oxygens (including phenoxy) is 3. The van der Waals surface area contributed by atoms with E-state index in [0.29, 0.717) is 22.4 Å². The SMILES string of the molecule is CCN(CC)c1ccc(C(=O)OCc2cc([N+](=O)[O-])cc3c2OCOC3)cc1. The molecule has 2 aromatic carbocycles. The van der Waals surface area contributed by atoms with Crippen molar-refractivity contribution in [3.8, 4) is 5.75 Å². The van der Waals surface area contributed by atoms with Crippen molar-refractivity contribution in [2.75, 3.05) is 24.8 Å². The molecular weight excluding hydrogens is 364 g/mol. The number of hydrogen-bond acceptors (Lipinski definition) is 7. The summed E-state index contributed by atoms with van der Waals surface area (Å²) in [5.41, 5.74) is 2.36. The number of nitrogens with zero attached hydrogens (tertiary/aromatic N) is 2. The van der Waals surface area contributed by atoms with Gasteiger partial charge in [0.1, 0.15) is 12.4 Å². The third-order valence-electron chi connectivity index (χ3n) is 4.57. The van der Waals surface area contributed by atoms with Crippen molar-refractivity contribution < 1.29 is 23.9 Å². The van der Waals surface area contributed by atoms with Crippen LogP contribution in [0.15, 0.2) is 36.4 Å². The molecule has 0 saturated heterocycles. The van der Waals surface area contributed by atoms with Crippen LogP contribution in [0.1, 0.15) is 35.3 Å². The highest BCUT2D eigenvalue weighted by atomic mass is 16.7. The van der Waals surface area contributed by atoms with Crippen molar-refractivity contribution in [1.29, 1.82) is 0 Å². The average molecular weight is 386 g/mol. The topological polar surface area (TPSA) is 91.1 Å². The monoisotopic (exact) mass is 386 g/mol. The van der Waals surface area contributed by atoms with Gasteiger partial charge in [0.15, 0.2) is 6.79 Å². The first kappa shape index (κ1) is 19.6. The molecule has 8 heteroatoms. The van der Waals surface area contributed by atoms with E-state index >= 15 is 0 Å². The van der Waals surface area contributed by atoms with E-state index in [2.05, 4.69) is 18.7 Å². The van der Waals surface area contributed by atoms with Crippen molar-refractivity contribution in [3.05, 3.63) is 63.2 Å². The second-order valence-corrected chi connectivity index (χ2v) is 6.26. The number of benzene rings is 2. The Morgan fingerprint density at radius 3 is 2.57 bits per heavy atom. The van der Waals surface area contributed by atoms with E-state index in [1.807, 2.05) is 12.1 Å². The first-order chi connectivity index (χ1) is 13.5. The fourth-order valence-electron chi connectivity index (χ4n) is 3.12. The number of rotatable bonds is 7. The highest BCUT2D eigenvalue weighted by molar-refractivity contribution is 5.89. The Morgan fingerprint density at radius 2 is 1.93 bits per heavy atom. The third kappa shape index (κ3) is 4.23. The number of anilines is 1. The lowest BCUT2D eigenvalue weighted by atomic mass is 10.1. The molecule has 3 rings (SSSR count). The van der Waals surface area contributed by atoms with Gasteiger partial charge < -0.3 is 19.1 Å². The highest BCUT2D eigenvalue weighted by Gasteiger charge is 2.22. The molecule has 0 aliphatic carbocycles. The van der Waals surface area contributed by atoms with E-state index in [-0.39, 0.29) is 25.7 Å². The molecule has 2 aromatic rings. The van der Waals surface area contributed by atoms with Crippen molar-refractivity contribution in [2.24, 2.45) is 0 Å². The first-order valence-corrected chi connectivity index (χ1v) is 9.06. The zero-order chi connectivity index (χ0) is 20.1. The van der Waals surface area contributed by atoms with Gasteiger partial charge in [0, 0.05) is 42.0 Å². The third-order valence-corrected chi connectivity index (χ3v) is 4.57. The maximum Gasteiger partial charge on any atom is 0.338 e. The van der Waals surface area contributed by atoms with Gasteiger partial charge in [-0.2, -0.15) is 0 Å². The van der Waals surface area contributed by atoms with Crippen LogP contribution in [-0.4, -0.2) is 30.8 Å². The molecule has 0 aromatic heterocycles. The molecule has 148 valence electrons. The first-order valence-electron chi connectivity index (χ1n) is 9.06. The van der Waals surface area contributed by atoms with Crippen LogP contribution in [0.4, 0.5) is 11.4 Å². The van der Waals surface area contributed by atoms with Gasteiger partial charge in [0.05, 0.1) is 17.1 Å². The summed E-state index contributed by atoms with van der Waals surface area (Å²) in [7, 11) is 0. The minimum Gasteiger partial charge on any atom is -0.467 e. The number of nitro groups is 1. The lowest BCUT2D eigenvalue weighted by Crippen LogP contribution is -2.21. The molecule has 0 radical (unpaired) electrons. The maximum atomic E-state index is 12.4. The van der Waals surface area contributed by atoms with E-state index in [0.717, 1.165) is 18.8 Å². The zero-order valence-electron chi connectivity index (χ0n) is 15.8. The van der Waals surface area contributed by atoms with Crippen LogP contribution in [0.25, 0.3) is 0 Å². The van der Waals surface area contributed by atoms with Crippen LogP contribution < -0.4 is 9.64 Å². The number of hydrogen-bond donors (Lipinski definition) is 0. The van der Waals surface area contributed by atoms with E-state index < -0.39 is 10.9 Å². The van der Waals surface area contributed by atoms with Gasteiger partial charge in [-0.3, -0.25) is 10.1 Å². The van der Waals surface area contributed by atoms with Gasteiger partial charge in [-0.05, 0) is 38.1 Å². The molecule has 0 spiro atoms. The summed E-state index contributed by atoms with van der Waals surface area (Å²) in [6.45, 7) is 6.03. The van der Waals surface area contributed by atoms with Crippen LogP contribution in [0.5, 0.6) is 5.75 Å². The molecule has 28 heavy (non-hydrogen) atoms. The Kier molecular flexibility index (Phi) is 6.10. The smallest absolute Gasteiger partial charge is 0.338 e. The van der Waals surface area contributed by atoms with Crippen LogP contribution in [-0.2, 0) is 22.7 Å². The molecule has 0 atom stereocenters. The molecule has 0 fully saturated rings. The van der Waals surface area contributed by atoms with Crippen molar-refractivity contribution in [1.82, 2.24) is 0 Å². The van der Waals surface area contributed by atoms with Crippen LogP contribution >= 0.6 is 0 Å². The molecule has 0 N–H and O–H groups in total. The number of fused-ring (bicyclic) bond motifs is 1. The van der Waals surface area contributed by atoms with E-state index in [4.69, 9.17) is 14.2 Å².